The molecule has 0 heterocycles. The van der Waals surface area contributed by atoms with Crippen LogP contribution in [-0.4, -0.2) is 54.2 Å². The van der Waals surface area contributed by atoms with Gasteiger partial charge < -0.3 is 19.7 Å². The number of esters is 1. The minimum absolute atomic E-state index is 0.277. The van der Waals surface area contributed by atoms with Gasteiger partial charge in [0.25, 0.3) is 0 Å². The van der Waals surface area contributed by atoms with Gasteiger partial charge in [0.2, 0.25) is 0 Å². The topological polar surface area (TPSA) is 67.9 Å². The molecule has 0 spiro atoms. The molecule has 1 aromatic rings. The van der Waals surface area contributed by atoms with Crippen LogP contribution in [0.25, 0.3) is 0 Å². The average molecular weight is 461 g/mol. The number of nitrogens with zero attached hydrogens (tertiary/aromatic N) is 1. The molecule has 0 saturated carbocycles. The molecule has 1 amide bonds. The Balaban J connectivity index is 2.96. The number of rotatable bonds is 9. The maximum atomic E-state index is 12.7. The standard InChI is InChI=1S/C22H34Cl2N2O4/c1-21(2,3)29-19(27)18(25-20(28)30-22(4,5)6)15-16-7-9-17(10-8-16)26(13-11-23)14-12-24/h7-10,18H,11-15H2,1-6H3,(H,25,28). The molecule has 8 heteroatoms. The van der Waals surface area contributed by atoms with Crippen molar-refractivity contribution < 1.29 is 19.1 Å². The van der Waals surface area contributed by atoms with Crippen LogP contribution in [0.2, 0.25) is 0 Å². The molecule has 0 aliphatic heterocycles. The first-order valence-electron chi connectivity index (χ1n) is 10.0. The van der Waals surface area contributed by atoms with Gasteiger partial charge in [-0.1, -0.05) is 12.1 Å². The fourth-order valence-electron chi connectivity index (χ4n) is 2.67. The molecule has 1 aromatic carbocycles. The number of anilines is 1. The lowest BCUT2D eigenvalue weighted by Crippen LogP contribution is -2.47. The van der Waals surface area contributed by atoms with Gasteiger partial charge in [-0.05, 0) is 59.2 Å². The Morgan fingerprint density at radius 2 is 1.43 bits per heavy atom. The highest BCUT2D eigenvalue weighted by molar-refractivity contribution is 6.18. The van der Waals surface area contributed by atoms with Gasteiger partial charge in [-0.2, -0.15) is 0 Å². The van der Waals surface area contributed by atoms with Crippen molar-refractivity contribution >= 4 is 41.0 Å². The van der Waals surface area contributed by atoms with Crippen molar-refractivity contribution in [1.29, 1.82) is 0 Å². The minimum atomic E-state index is -0.869. The molecule has 0 radical (unpaired) electrons. The Hall–Kier alpha value is -1.66. The molecular weight excluding hydrogens is 427 g/mol. The van der Waals surface area contributed by atoms with E-state index < -0.39 is 29.3 Å². The van der Waals surface area contributed by atoms with Crippen LogP contribution in [0.3, 0.4) is 0 Å². The van der Waals surface area contributed by atoms with Crippen LogP contribution in [0, 0.1) is 0 Å². The van der Waals surface area contributed by atoms with Gasteiger partial charge in [0, 0.05) is 37.0 Å². The Bertz CT molecular complexity index is 676. The second-order valence-corrected chi connectivity index (χ2v) is 9.72. The minimum Gasteiger partial charge on any atom is -0.458 e. The summed E-state index contributed by atoms with van der Waals surface area (Å²) in [6.45, 7) is 12.0. The highest BCUT2D eigenvalue weighted by atomic mass is 35.5. The number of benzene rings is 1. The number of carbonyl (C=O) groups excluding carboxylic acids is 2. The van der Waals surface area contributed by atoms with Crippen molar-refractivity contribution in [1.82, 2.24) is 5.32 Å². The molecule has 0 fully saturated rings. The monoisotopic (exact) mass is 460 g/mol. The van der Waals surface area contributed by atoms with Crippen LogP contribution in [0.4, 0.5) is 10.5 Å². The summed E-state index contributed by atoms with van der Waals surface area (Å²) in [7, 11) is 0. The number of hydrogen-bond acceptors (Lipinski definition) is 5. The summed E-state index contributed by atoms with van der Waals surface area (Å²) in [5.41, 5.74) is 0.535. The van der Waals surface area contributed by atoms with E-state index in [9.17, 15) is 9.59 Å². The third-order valence-corrected chi connectivity index (χ3v) is 4.17. The number of amides is 1. The normalized spacial score (nSPS) is 12.8. The lowest BCUT2D eigenvalue weighted by molar-refractivity contribution is -0.157. The third kappa shape index (κ3) is 10.4. The van der Waals surface area contributed by atoms with Crippen LogP contribution >= 0.6 is 23.2 Å². The predicted molar refractivity (Wildman–Crippen MR) is 123 cm³/mol. The number of ether oxygens (including phenoxy) is 2. The molecule has 0 bridgehead atoms. The number of halogens is 2. The first-order valence-corrected chi connectivity index (χ1v) is 11.1. The van der Waals surface area contributed by atoms with Gasteiger partial charge >= 0.3 is 12.1 Å². The lowest BCUT2D eigenvalue weighted by atomic mass is 10.0. The molecular formula is C22H34Cl2N2O4. The van der Waals surface area contributed by atoms with E-state index in [2.05, 4.69) is 10.2 Å². The summed E-state index contributed by atoms with van der Waals surface area (Å²) in [6.07, 6.45) is -0.384. The first kappa shape index (κ1) is 26.4. The zero-order chi connectivity index (χ0) is 22.9. The van der Waals surface area contributed by atoms with E-state index in [-0.39, 0.29) is 6.42 Å². The van der Waals surface area contributed by atoms with Crippen LogP contribution in [0.1, 0.15) is 47.1 Å². The van der Waals surface area contributed by atoms with Gasteiger partial charge in [0.05, 0.1) is 0 Å². The highest BCUT2D eigenvalue weighted by Crippen LogP contribution is 2.18. The lowest BCUT2D eigenvalue weighted by Gasteiger charge is -2.26. The summed E-state index contributed by atoms with van der Waals surface area (Å²) in [5, 5.41) is 2.64. The number of hydrogen-bond donors (Lipinski definition) is 1. The number of alkyl carbamates (subject to hydrolysis) is 1. The molecule has 1 atom stereocenters. The van der Waals surface area contributed by atoms with Crippen molar-refractivity contribution in [2.75, 3.05) is 29.7 Å². The van der Waals surface area contributed by atoms with E-state index >= 15 is 0 Å². The fourth-order valence-corrected chi connectivity index (χ4v) is 3.08. The summed E-state index contributed by atoms with van der Waals surface area (Å²) in [4.78, 5) is 27.0. The third-order valence-electron chi connectivity index (χ3n) is 3.83. The van der Waals surface area contributed by atoms with Crippen LogP contribution in [-0.2, 0) is 20.7 Å². The Morgan fingerprint density at radius 1 is 0.933 bits per heavy atom. The second-order valence-electron chi connectivity index (χ2n) is 8.97. The maximum Gasteiger partial charge on any atom is 0.408 e. The van der Waals surface area contributed by atoms with Crippen molar-refractivity contribution in [3.63, 3.8) is 0 Å². The van der Waals surface area contributed by atoms with E-state index in [1.54, 1.807) is 41.5 Å². The van der Waals surface area contributed by atoms with Crippen LogP contribution in [0.15, 0.2) is 24.3 Å². The number of nitrogens with one attached hydrogen (secondary N) is 1. The second kappa shape index (κ2) is 11.7. The number of alkyl halides is 2. The van der Waals surface area contributed by atoms with Crippen LogP contribution < -0.4 is 10.2 Å². The van der Waals surface area contributed by atoms with E-state index in [1.807, 2.05) is 24.3 Å². The van der Waals surface area contributed by atoms with Crippen molar-refractivity contribution in [3.05, 3.63) is 29.8 Å². The quantitative estimate of drug-likeness (QED) is 0.425. The highest BCUT2D eigenvalue weighted by Gasteiger charge is 2.29. The molecule has 0 aromatic heterocycles. The molecule has 1 rings (SSSR count). The molecule has 170 valence electrons. The summed E-state index contributed by atoms with van der Waals surface area (Å²) < 4.78 is 10.8. The Labute approximate surface area is 190 Å². The summed E-state index contributed by atoms with van der Waals surface area (Å²) in [5.74, 6) is 0.488. The van der Waals surface area contributed by atoms with E-state index in [1.165, 1.54) is 0 Å². The zero-order valence-electron chi connectivity index (χ0n) is 18.8. The van der Waals surface area contributed by atoms with E-state index in [4.69, 9.17) is 32.7 Å². The molecule has 30 heavy (non-hydrogen) atoms. The van der Waals surface area contributed by atoms with Gasteiger partial charge in [0.1, 0.15) is 17.2 Å². The summed E-state index contributed by atoms with van der Waals surface area (Å²) in [6, 6.07) is 6.87. The Kier molecular flexibility index (Phi) is 10.2. The molecule has 0 saturated heterocycles. The van der Waals surface area contributed by atoms with Crippen LogP contribution in [0.5, 0.6) is 0 Å². The molecule has 1 N–H and O–H groups in total. The molecule has 1 unspecified atom stereocenters. The maximum absolute atomic E-state index is 12.7. The fraction of sp³-hybridized carbons (Fsp3) is 0.636. The van der Waals surface area contributed by atoms with Gasteiger partial charge in [0.15, 0.2) is 0 Å². The van der Waals surface area contributed by atoms with Gasteiger partial charge in [-0.25, -0.2) is 9.59 Å². The van der Waals surface area contributed by atoms with Crippen molar-refractivity contribution in [2.24, 2.45) is 0 Å². The van der Waals surface area contributed by atoms with E-state index in [0.717, 1.165) is 11.3 Å². The molecule has 0 aliphatic rings. The largest absolute Gasteiger partial charge is 0.458 e. The molecule has 6 nitrogen and oxygen atoms in total. The predicted octanol–water partition coefficient (Wildman–Crippen LogP) is 4.75. The Morgan fingerprint density at radius 3 is 1.87 bits per heavy atom. The van der Waals surface area contributed by atoms with Gasteiger partial charge in [-0.3, -0.25) is 0 Å². The SMILES string of the molecule is CC(C)(C)OC(=O)NC(Cc1ccc(N(CCCl)CCCl)cc1)C(=O)OC(C)(C)C. The number of carbonyl (C=O) groups is 2. The van der Waals surface area contributed by atoms with Crippen molar-refractivity contribution in [3.8, 4) is 0 Å². The first-order chi connectivity index (χ1) is 13.8. The smallest absolute Gasteiger partial charge is 0.408 e. The molecule has 0 aliphatic carbocycles. The van der Waals surface area contributed by atoms with Gasteiger partial charge in [-0.15, -0.1) is 23.2 Å². The zero-order valence-corrected chi connectivity index (χ0v) is 20.3. The summed E-state index contributed by atoms with van der Waals surface area (Å²) >= 11 is 11.8. The van der Waals surface area contributed by atoms with E-state index in [0.29, 0.717) is 24.8 Å². The van der Waals surface area contributed by atoms with Crippen molar-refractivity contribution in [2.45, 2.75) is 65.2 Å². The average Bonchev–Trinajstić information content (AvgIpc) is 2.58.